The number of hydrogen-bond donors (Lipinski definition) is 2. The van der Waals surface area contributed by atoms with Gasteiger partial charge < -0.3 is 19.8 Å². The maximum absolute atomic E-state index is 15.1. The van der Waals surface area contributed by atoms with Crippen molar-refractivity contribution >= 4 is 67.7 Å². The number of hydrogen-bond acceptors (Lipinski definition) is 6. The third-order valence-corrected chi connectivity index (χ3v) is 12.3. The zero-order valence-corrected chi connectivity index (χ0v) is 30.7. The summed E-state index contributed by atoms with van der Waals surface area (Å²) in [6.45, 7) is 5.44. The summed E-state index contributed by atoms with van der Waals surface area (Å²) < 4.78 is 6.87. The zero-order valence-electron chi connectivity index (χ0n) is 30.7. The molecule has 10 rings (SSSR count). The molecule has 0 radical (unpaired) electrons. The number of rotatable bonds is 7. The van der Waals surface area contributed by atoms with Crippen molar-refractivity contribution in [1.82, 2.24) is 0 Å². The number of aliphatic hydroxyl groups excluding tert-OH is 1. The lowest BCUT2D eigenvalue weighted by molar-refractivity contribution is -0.146. The quantitative estimate of drug-likeness (QED) is 0.172. The van der Waals surface area contributed by atoms with E-state index < -0.39 is 29.1 Å². The van der Waals surface area contributed by atoms with Crippen LogP contribution in [-0.4, -0.2) is 46.2 Å². The first-order valence-corrected chi connectivity index (χ1v) is 18.8. The maximum atomic E-state index is 15.1. The predicted octanol–water partition coefficient (Wildman–Crippen LogP) is 8.12. The van der Waals surface area contributed by atoms with Gasteiger partial charge in [-0.1, -0.05) is 67.6 Å². The number of carbonyl (C=O) groups is 3. The van der Waals surface area contributed by atoms with E-state index in [1.165, 1.54) is 0 Å². The third kappa shape index (κ3) is 4.61. The van der Waals surface area contributed by atoms with E-state index in [0.29, 0.717) is 28.1 Å². The summed E-state index contributed by atoms with van der Waals surface area (Å²) in [6, 6.07) is 36.6. The van der Waals surface area contributed by atoms with Gasteiger partial charge in [-0.3, -0.25) is 24.2 Å². The van der Waals surface area contributed by atoms with E-state index in [1.807, 2.05) is 122 Å². The highest BCUT2D eigenvalue weighted by Gasteiger charge is 2.65. The van der Waals surface area contributed by atoms with Gasteiger partial charge in [-0.15, -0.1) is 0 Å². The maximum Gasteiger partial charge on any atom is 0.264 e. The Balaban J connectivity index is 1.05. The molecule has 274 valence electrons. The number of nitrogens with zero attached hydrogens (tertiary/aromatic N) is 3. The van der Waals surface area contributed by atoms with E-state index >= 15 is 4.79 Å². The highest BCUT2D eigenvalue weighted by Crippen LogP contribution is 2.59. The summed E-state index contributed by atoms with van der Waals surface area (Å²) in [5.41, 5.74) is 3.67. The highest BCUT2D eigenvalue weighted by atomic mass is 16.5. The van der Waals surface area contributed by atoms with Crippen LogP contribution in [0.4, 0.5) is 28.4 Å². The molecule has 4 heterocycles. The van der Waals surface area contributed by atoms with Gasteiger partial charge in [-0.05, 0) is 91.2 Å². The average molecular weight is 730 g/mol. The Morgan fingerprint density at radius 2 is 1.25 bits per heavy atom. The Hall–Kier alpha value is -5.87. The van der Waals surface area contributed by atoms with Crippen molar-refractivity contribution in [2.24, 2.45) is 11.8 Å². The van der Waals surface area contributed by atoms with Crippen molar-refractivity contribution in [2.45, 2.75) is 51.0 Å². The van der Waals surface area contributed by atoms with Crippen LogP contribution in [0.2, 0.25) is 0 Å². The second-order valence-electron chi connectivity index (χ2n) is 15.8. The largest absolute Gasteiger partial charge is 0.396 e. The SMILES string of the molecule is C[C@@H]1[C@@H](C(C)(C)O)[C@H](CCO)O[C@@]12C(=O)N(Cc1ccc(N3C(=O)c4cccc5cccc3c45)cc1)c1ccc(N3C(=O)c4cccc5cccc3c45)cc12. The minimum Gasteiger partial charge on any atom is -0.396 e. The molecular weight excluding hydrogens is 691 g/mol. The lowest BCUT2D eigenvalue weighted by Gasteiger charge is -2.34. The van der Waals surface area contributed by atoms with Gasteiger partial charge in [-0.2, -0.15) is 0 Å². The van der Waals surface area contributed by atoms with Gasteiger partial charge >= 0.3 is 0 Å². The van der Waals surface area contributed by atoms with Crippen molar-refractivity contribution in [1.29, 1.82) is 0 Å². The van der Waals surface area contributed by atoms with Gasteiger partial charge in [-0.25, -0.2) is 0 Å². The number of amides is 3. The van der Waals surface area contributed by atoms with Crippen LogP contribution in [0, 0.1) is 11.8 Å². The molecule has 6 aromatic carbocycles. The van der Waals surface area contributed by atoms with Crippen LogP contribution >= 0.6 is 0 Å². The molecule has 0 saturated carbocycles. The highest BCUT2D eigenvalue weighted by molar-refractivity contribution is 6.29. The smallest absolute Gasteiger partial charge is 0.264 e. The molecule has 6 aromatic rings. The normalized spacial score (nSPS) is 22.7. The number of anilines is 5. The lowest BCUT2D eigenvalue weighted by Crippen LogP contribution is -2.46. The molecular formula is C46H39N3O6. The number of benzene rings is 6. The first kappa shape index (κ1) is 33.7. The summed E-state index contributed by atoms with van der Waals surface area (Å²) in [5.74, 6) is -1.45. The second kappa shape index (κ2) is 11.8. The fourth-order valence-corrected chi connectivity index (χ4v) is 10.0. The van der Waals surface area contributed by atoms with Gasteiger partial charge in [0, 0.05) is 46.2 Å². The Morgan fingerprint density at radius 3 is 1.82 bits per heavy atom. The molecule has 4 atom stereocenters. The molecule has 1 saturated heterocycles. The number of aliphatic hydroxyl groups is 2. The number of ether oxygens (including phenoxy) is 1. The number of fused-ring (bicyclic) bond motifs is 2. The van der Waals surface area contributed by atoms with Crippen molar-refractivity contribution in [3.63, 3.8) is 0 Å². The van der Waals surface area contributed by atoms with E-state index in [9.17, 15) is 19.8 Å². The van der Waals surface area contributed by atoms with Crippen molar-refractivity contribution in [3.8, 4) is 0 Å². The molecule has 9 heteroatoms. The fourth-order valence-electron chi connectivity index (χ4n) is 10.0. The van der Waals surface area contributed by atoms with Crippen LogP contribution in [0.5, 0.6) is 0 Å². The zero-order chi connectivity index (χ0) is 38.0. The molecule has 9 nitrogen and oxygen atoms in total. The van der Waals surface area contributed by atoms with Crippen LogP contribution in [-0.2, 0) is 21.7 Å². The third-order valence-electron chi connectivity index (χ3n) is 12.3. The molecule has 55 heavy (non-hydrogen) atoms. The van der Waals surface area contributed by atoms with Gasteiger partial charge in [0.25, 0.3) is 17.7 Å². The summed E-state index contributed by atoms with van der Waals surface area (Å²) in [6.07, 6.45) is -0.350. The van der Waals surface area contributed by atoms with E-state index in [0.717, 1.165) is 44.2 Å². The van der Waals surface area contributed by atoms with E-state index in [1.54, 1.807) is 28.5 Å². The molecule has 1 spiro atoms. The molecule has 4 aliphatic rings. The molecule has 0 unspecified atom stereocenters. The first-order chi connectivity index (χ1) is 26.5. The summed E-state index contributed by atoms with van der Waals surface area (Å²) in [7, 11) is 0. The standard InChI is InChI=1S/C46H39N3O6/c1-26-41(45(2,3)54)38(22-23-50)55-46(26)34-24-31(49-37-15-7-11-29-9-5-13-33(40(29)37)43(49)52)20-21-35(34)47(44(46)53)25-27-16-18-30(19-17-27)48-36-14-6-10-28-8-4-12-32(39(28)36)42(48)51/h4-21,24,26,38,41,50,54H,22-23,25H2,1-3H3/t26-,38+,41-,46+/m1/s1. The minimum absolute atomic E-state index is 0.0806. The summed E-state index contributed by atoms with van der Waals surface area (Å²) >= 11 is 0. The van der Waals surface area contributed by atoms with Crippen molar-refractivity contribution in [3.05, 3.63) is 138 Å². The van der Waals surface area contributed by atoms with Gasteiger partial charge in [0.2, 0.25) is 0 Å². The molecule has 4 aliphatic heterocycles. The second-order valence-corrected chi connectivity index (χ2v) is 15.8. The molecule has 3 amide bonds. The van der Waals surface area contributed by atoms with Gasteiger partial charge in [0.05, 0.1) is 46.4 Å². The van der Waals surface area contributed by atoms with Crippen molar-refractivity contribution < 1.29 is 29.3 Å². The summed E-state index contributed by atoms with van der Waals surface area (Å²) in [5, 5.41) is 25.4. The van der Waals surface area contributed by atoms with Crippen LogP contribution < -0.4 is 14.7 Å². The predicted molar refractivity (Wildman–Crippen MR) is 212 cm³/mol. The van der Waals surface area contributed by atoms with Crippen molar-refractivity contribution in [2.75, 3.05) is 21.3 Å². The Labute approximate surface area is 318 Å². The molecule has 0 bridgehead atoms. The Morgan fingerprint density at radius 1 is 0.709 bits per heavy atom. The Bertz CT molecular complexity index is 2620. The topological polar surface area (TPSA) is 111 Å². The fraction of sp³-hybridized carbons (Fsp3) is 0.239. The van der Waals surface area contributed by atoms with Crippen LogP contribution in [0.3, 0.4) is 0 Å². The van der Waals surface area contributed by atoms with Crippen LogP contribution in [0.25, 0.3) is 21.5 Å². The van der Waals surface area contributed by atoms with E-state index in [4.69, 9.17) is 4.74 Å². The van der Waals surface area contributed by atoms with E-state index in [-0.39, 0.29) is 37.3 Å². The van der Waals surface area contributed by atoms with Crippen LogP contribution in [0.1, 0.15) is 59.0 Å². The average Bonchev–Trinajstić information content (AvgIpc) is 3.82. The van der Waals surface area contributed by atoms with Gasteiger partial charge in [0.15, 0.2) is 5.60 Å². The van der Waals surface area contributed by atoms with Crippen LogP contribution in [0.15, 0.2) is 115 Å². The Kier molecular flexibility index (Phi) is 7.23. The molecule has 1 fully saturated rings. The molecule has 2 N–H and O–H groups in total. The molecule has 0 aromatic heterocycles. The van der Waals surface area contributed by atoms with Gasteiger partial charge in [0.1, 0.15) is 0 Å². The minimum atomic E-state index is -1.48. The first-order valence-electron chi connectivity index (χ1n) is 18.8. The molecule has 0 aliphatic carbocycles. The monoisotopic (exact) mass is 729 g/mol. The lowest BCUT2D eigenvalue weighted by atomic mass is 9.71. The summed E-state index contributed by atoms with van der Waals surface area (Å²) in [4.78, 5) is 48.0. The van der Waals surface area contributed by atoms with E-state index in [2.05, 4.69) is 0 Å². The number of carbonyl (C=O) groups excluding carboxylic acids is 3.